The molecule has 3 aliphatic carbocycles. The molecule has 3 aromatic heterocycles. The maximum Gasteiger partial charge on any atom is 0.308 e. The highest BCUT2D eigenvalue weighted by Gasteiger charge is 2.47. The van der Waals surface area contributed by atoms with Crippen LogP contribution in [0.3, 0.4) is 0 Å². The van der Waals surface area contributed by atoms with Crippen LogP contribution in [0.4, 0.5) is 5.82 Å². The van der Waals surface area contributed by atoms with E-state index in [-0.39, 0.29) is 12.0 Å². The van der Waals surface area contributed by atoms with E-state index in [1.807, 2.05) is 24.4 Å². The maximum atomic E-state index is 12.2. The van der Waals surface area contributed by atoms with Gasteiger partial charge in [0.15, 0.2) is 5.82 Å². The Morgan fingerprint density at radius 2 is 1.85 bits per heavy atom. The van der Waals surface area contributed by atoms with Gasteiger partial charge in [0, 0.05) is 41.0 Å². The summed E-state index contributed by atoms with van der Waals surface area (Å²) >= 11 is 0. The van der Waals surface area contributed by atoms with Crippen LogP contribution in [0.25, 0.3) is 33.7 Å². The molecule has 0 unspecified atom stereocenters. The topological polar surface area (TPSA) is 117 Å². The Morgan fingerprint density at radius 1 is 1.09 bits per heavy atom. The number of nitrogens with one attached hydrogen (secondary N) is 2. The van der Waals surface area contributed by atoms with Gasteiger partial charge in [0.1, 0.15) is 17.8 Å². The van der Waals surface area contributed by atoms with Gasteiger partial charge in [-0.05, 0) is 44.4 Å². The van der Waals surface area contributed by atoms with Gasteiger partial charge in [0.05, 0.1) is 11.6 Å². The van der Waals surface area contributed by atoms with E-state index in [4.69, 9.17) is 9.97 Å². The molecule has 7 rings (SSSR count). The van der Waals surface area contributed by atoms with Gasteiger partial charge in [-0.1, -0.05) is 29.8 Å². The molecule has 4 aromatic rings. The zero-order valence-corrected chi connectivity index (χ0v) is 18.9. The number of hydrogen-bond donors (Lipinski definition) is 3. The molecule has 8 heteroatoms. The molecule has 0 amide bonds. The van der Waals surface area contributed by atoms with E-state index in [2.05, 4.69) is 39.3 Å². The quantitative estimate of drug-likeness (QED) is 0.400. The minimum absolute atomic E-state index is 0.134. The Hall–Kier alpha value is -3.81. The summed E-state index contributed by atoms with van der Waals surface area (Å²) in [4.78, 5) is 33.5. The average Bonchev–Trinajstić information content (AvgIpc) is 3.29. The average molecular weight is 455 g/mol. The number of fused-ring (bicyclic) bond motifs is 4. The molecule has 2 atom stereocenters. The lowest BCUT2D eigenvalue weighted by molar-refractivity contribution is -0.148. The van der Waals surface area contributed by atoms with Crippen LogP contribution >= 0.6 is 0 Å². The standard InChI is InChI=1S/C26H26N6O2/c1-14-2-4-15(5-3-14)20-10-21(31-23-17-8-6-16(7-9-17)22(23)26(33)34)32-25(30-20)19-12-28-24-18(19)11-27-13-29-24/h2-5,10-13,16-17,22-23H,6-9H2,1H3,(H,33,34)(H,27,28,29)(H,30,31,32)/t16?,17?,22-,23-/m0/s1. The molecule has 3 fully saturated rings. The molecular weight excluding hydrogens is 428 g/mol. The summed E-state index contributed by atoms with van der Waals surface area (Å²) < 4.78 is 0. The van der Waals surface area contributed by atoms with Crippen LogP contribution in [0.5, 0.6) is 0 Å². The number of aromatic amines is 1. The summed E-state index contributed by atoms with van der Waals surface area (Å²) in [6.45, 7) is 2.05. The third-order valence-electron chi connectivity index (χ3n) is 7.49. The van der Waals surface area contributed by atoms with Crippen LogP contribution < -0.4 is 5.32 Å². The molecule has 0 saturated heterocycles. The highest BCUT2D eigenvalue weighted by Crippen LogP contribution is 2.46. The maximum absolute atomic E-state index is 12.2. The second-order valence-electron chi connectivity index (χ2n) is 9.52. The van der Waals surface area contributed by atoms with Crippen molar-refractivity contribution in [2.75, 3.05) is 5.32 Å². The molecule has 172 valence electrons. The zero-order valence-electron chi connectivity index (χ0n) is 18.9. The fourth-order valence-corrected chi connectivity index (χ4v) is 5.74. The first-order chi connectivity index (χ1) is 16.6. The van der Waals surface area contributed by atoms with E-state index in [1.165, 1.54) is 11.9 Å². The van der Waals surface area contributed by atoms with Gasteiger partial charge in [0.2, 0.25) is 0 Å². The molecule has 34 heavy (non-hydrogen) atoms. The molecule has 3 saturated carbocycles. The normalized spacial score (nSPS) is 23.8. The minimum Gasteiger partial charge on any atom is -0.481 e. The van der Waals surface area contributed by atoms with Crippen LogP contribution in [0, 0.1) is 24.7 Å². The fourth-order valence-electron chi connectivity index (χ4n) is 5.74. The Labute approximate surface area is 196 Å². The summed E-state index contributed by atoms with van der Waals surface area (Å²) in [6, 6.07) is 10.0. The first-order valence-electron chi connectivity index (χ1n) is 11.8. The second kappa shape index (κ2) is 8.20. The van der Waals surface area contributed by atoms with Crippen molar-refractivity contribution in [1.29, 1.82) is 0 Å². The SMILES string of the molecule is Cc1ccc(-c2cc(N[C@H]3C4CCC(CC4)[C@@H]3C(=O)O)nc(-c3c[nH]c4ncncc34)n2)cc1. The van der Waals surface area contributed by atoms with Crippen molar-refractivity contribution in [3.8, 4) is 22.6 Å². The Morgan fingerprint density at radius 3 is 2.62 bits per heavy atom. The van der Waals surface area contributed by atoms with Crippen LogP contribution in [0.2, 0.25) is 0 Å². The lowest BCUT2D eigenvalue weighted by atomic mass is 9.61. The van der Waals surface area contributed by atoms with Crippen molar-refractivity contribution in [2.45, 2.75) is 38.6 Å². The van der Waals surface area contributed by atoms with Gasteiger partial charge in [0.25, 0.3) is 0 Å². The van der Waals surface area contributed by atoms with E-state index in [9.17, 15) is 9.90 Å². The predicted molar refractivity (Wildman–Crippen MR) is 129 cm³/mol. The summed E-state index contributed by atoms with van der Waals surface area (Å²) in [6.07, 6.45) is 9.23. The first kappa shape index (κ1) is 20.8. The van der Waals surface area contributed by atoms with Gasteiger partial charge in [-0.3, -0.25) is 4.79 Å². The number of aryl methyl sites for hydroxylation is 1. The number of hydrogen-bond acceptors (Lipinski definition) is 6. The van der Waals surface area contributed by atoms with E-state index >= 15 is 0 Å². The fraction of sp³-hybridized carbons (Fsp3) is 0.346. The first-order valence-corrected chi connectivity index (χ1v) is 11.8. The smallest absolute Gasteiger partial charge is 0.308 e. The third kappa shape index (κ3) is 3.59. The lowest BCUT2D eigenvalue weighted by Gasteiger charge is -2.47. The van der Waals surface area contributed by atoms with Crippen molar-refractivity contribution in [3.05, 3.63) is 54.6 Å². The highest BCUT2D eigenvalue weighted by molar-refractivity contribution is 5.91. The number of H-pyrrole nitrogens is 1. The largest absolute Gasteiger partial charge is 0.481 e. The summed E-state index contributed by atoms with van der Waals surface area (Å²) in [5.74, 6) is 0.659. The molecule has 0 aliphatic heterocycles. The zero-order chi connectivity index (χ0) is 23.2. The molecule has 3 N–H and O–H groups in total. The van der Waals surface area contributed by atoms with Crippen molar-refractivity contribution < 1.29 is 9.90 Å². The van der Waals surface area contributed by atoms with Crippen molar-refractivity contribution >= 4 is 22.8 Å². The minimum atomic E-state index is -0.714. The van der Waals surface area contributed by atoms with Gasteiger partial charge in [-0.25, -0.2) is 19.9 Å². The molecule has 1 aromatic carbocycles. The highest BCUT2D eigenvalue weighted by atomic mass is 16.4. The number of nitrogens with zero attached hydrogens (tertiary/aromatic N) is 4. The molecule has 3 heterocycles. The third-order valence-corrected chi connectivity index (χ3v) is 7.49. The van der Waals surface area contributed by atoms with Crippen molar-refractivity contribution in [1.82, 2.24) is 24.9 Å². The lowest BCUT2D eigenvalue weighted by Crippen LogP contribution is -2.51. The molecule has 3 aliphatic rings. The molecule has 0 spiro atoms. The number of aliphatic carboxylic acids is 1. The molecular formula is C26H26N6O2. The summed E-state index contributed by atoms with van der Waals surface area (Å²) in [5.41, 5.74) is 4.47. The van der Waals surface area contributed by atoms with Gasteiger partial charge in [-0.2, -0.15) is 0 Å². The van der Waals surface area contributed by atoms with E-state index < -0.39 is 11.9 Å². The Bertz CT molecular complexity index is 1360. The number of anilines is 1. The van der Waals surface area contributed by atoms with Gasteiger partial charge < -0.3 is 15.4 Å². The van der Waals surface area contributed by atoms with Crippen LogP contribution in [-0.2, 0) is 4.79 Å². The number of aromatic nitrogens is 5. The summed E-state index contributed by atoms with van der Waals surface area (Å²) in [5, 5.41) is 14.4. The number of carboxylic acids is 1. The van der Waals surface area contributed by atoms with E-state index in [0.717, 1.165) is 53.5 Å². The number of benzene rings is 1. The Balaban J connectivity index is 1.45. The molecule has 2 bridgehead atoms. The predicted octanol–water partition coefficient (Wildman–Crippen LogP) is 4.69. The molecule has 8 nitrogen and oxygen atoms in total. The molecule has 0 radical (unpaired) electrons. The van der Waals surface area contributed by atoms with Crippen LogP contribution in [0.1, 0.15) is 31.2 Å². The van der Waals surface area contributed by atoms with Crippen molar-refractivity contribution in [2.24, 2.45) is 17.8 Å². The van der Waals surface area contributed by atoms with Gasteiger partial charge in [-0.15, -0.1) is 0 Å². The number of carboxylic acid groups (broad SMARTS) is 1. The Kier molecular flexibility index (Phi) is 5.01. The van der Waals surface area contributed by atoms with Crippen LogP contribution in [-0.4, -0.2) is 42.0 Å². The van der Waals surface area contributed by atoms with E-state index in [0.29, 0.717) is 17.6 Å². The number of rotatable bonds is 5. The second-order valence-corrected chi connectivity index (χ2v) is 9.52. The van der Waals surface area contributed by atoms with Crippen molar-refractivity contribution in [3.63, 3.8) is 0 Å². The van der Waals surface area contributed by atoms with E-state index in [1.54, 1.807) is 6.20 Å². The van der Waals surface area contributed by atoms with Gasteiger partial charge >= 0.3 is 5.97 Å². The summed E-state index contributed by atoms with van der Waals surface area (Å²) in [7, 11) is 0. The number of carbonyl (C=O) groups is 1. The van der Waals surface area contributed by atoms with Crippen LogP contribution in [0.15, 0.2) is 49.1 Å². The monoisotopic (exact) mass is 454 g/mol.